The number of hydrogen-bond acceptors (Lipinski definition) is 5. The first kappa shape index (κ1) is 10.4. The minimum atomic E-state index is 0.401. The zero-order valence-corrected chi connectivity index (χ0v) is 9.27. The summed E-state index contributed by atoms with van der Waals surface area (Å²) in [7, 11) is 3.73. The molecule has 0 saturated carbocycles. The van der Waals surface area contributed by atoms with Gasteiger partial charge in [-0.1, -0.05) is 12.7 Å². The van der Waals surface area contributed by atoms with Gasteiger partial charge in [-0.2, -0.15) is 9.97 Å². The molecule has 0 atom stereocenters. The highest BCUT2D eigenvalue weighted by Crippen LogP contribution is 2.21. The van der Waals surface area contributed by atoms with Crippen molar-refractivity contribution in [2.45, 2.75) is 0 Å². The van der Waals surface area contributed by atoms with Gasteiger partial charge < -0.3 is 14.6 Å². The molecule has 84 valence electrons. The van der Waals surface area contributed by atoms with Crippen LogP contribution in [-0.4, -0.2) is 40.6 Å². The van der Waals surface area contributed by atoms with Crippen molar-refractivity contribution in [1.82, 2.24) is 19.9 Å². The van der Waals surface area contributed by atoms with Gasteiger partial charge in [0, 0.05) is 14.1 Å². The number of H-pyrrole nitrogens is 1. The summed E-state index contributed by atoms with van der Waals surface area (Å²) in [6.07, 6.45) is 3.24. The smallest absolute Gasteiger partial charge is 0.245 e. The van der Waals surface area contributed by atoms with Gasteiger partial charge in [-0.25, -0.2) is 4.98 Å². The van der Waals surface area contributed by atoms with Crippen LogP contribution < -0.4 is 9.64 Å². The molecular weight excluding hydrogens is 206 g/mol. The largest absolute Gasteiger partial charge is 0.472 e. The third kappa shape index (κ3) is 1.81. The Bertz CT molecular complexity index is 505. The molecule has 0 unspecified atom stereocenters. The van der Waals surface area contributed by atoms with E-state index < -0.39 is 0 Å². The van der Waals surface area contributed by atoms with E-state index in [1.165, 1.54) is 0 Å². The maximum absolute atomic E-state index is 5.45. The minimum Gasteiger partial charge on any atom is -0.472 e. The average Bonchev–Trinajstić information content (AvgIpc) is 2.73. The Morgan fingerprint density at radius 2 is 2.31 bits per heavy atom. The van der Waals surface area contributed by atoms with Gasteiger partial charge in [-0.15, -0.1) is 0 Å². The zero-order valence-electron chi connectivity index (χ0n) is 9.27. The van der Waals surface area contributed by atoms with E-state index >= 15 is 0 Å². The average molecular weight is 219 g/mol. The topological polar surface area (TPSA) is 66.9 Å². The van der Waals surface area contributed by atoms with Gasteiger partial charge >= 0.3 is 0 Å². The van der Waals surface area contributed by atoms with E-state index in [-0.39, 0.29) is 0 Å². The molecule has 0 amide bonds. The van der Waals surface area contributed by atoms with Crippen molar-refractivity contribution in [3.05, 3.63) is 19.0 Å². The van der Waals surface area contributed by atoms with E-state index in [1.807, 2.05) is 14.1 Å². The summed E-state index contributed by atoms with van der Waals surface area (Å²) < 4.78 is 5.45. The number of nitrogens with one attached hydrogen (secondary N) is 1. The predicted octanol–water partition coefficient (Wildman–Crippen LogP) is 0.984. The van der Waals surface area contributed by atoms with Crippen molar-refractivity contribution < 1.29 is 4.74 Å². The van der Waals surface area contributed by atoms with Crippen LogP contribution in [0, 0.1) is 0 Å². The summed E-state index contributed by atoms with van der Waals surface area (Å²) in [5, 5.41) is 0. The number of ether oxygens (including phenoxy) is 1. The van der Waals surface area contributed by atoms with Crippen molar-refractivity contribution in [2.75, 3.05) is 25.6 Å². The lowest BCUT2D eigenvalue weighted by molar-refractivity contribution is 0.352. The molecule has 0 bridgehead atoms. The SMILES string of the molecule is C=CCOc1nc(N(C)C)nc2nc[nH]c12. The van der Waals surface area contributed by atoms with Crippen LogP contribution in [0.15, 0.2) is 19.0 Å². The maximum atomic E-state index is 5.45. The summed E-state index contributed by atoms with van der Waals surface area (Å²) in [5.41, 5.74) is 1.30. The Balaban J connectivity index is 2.50. The van der Waals surface area contributed by atoms with Crippen molar-refractivity contribution in [2.24, 2.45) is 0 Å². The fraction of sp³-hybridized carbons (Fsp3) is 0.300. The Hall–Kier alpha value is -2.11. The molecule has 0 aliphatic heterocycles. The Labute approximate surface area is 93.0 Å². The summed E-state index contributed by atoms with van der Waals surface area (Å²) >= 11 is 0. The van der Waals surface area contributed by atoms with Gasteiger partial charge in [-0.05, 0) is 0 Å². The van der Waals surface area contributed by atoms with E-state index in [0.29, 0.717) is 29.6 Å². The van der Waals surface area contributed by atoms with Crippen LogP contribution >= 0.6 is 0 Å². The van der Waals surface area contributed by atoms with E-state index in [9.17, 15) is 0 Å². The Morgan fingerprint density at radius 1 is 1.50 bits per heavy atom. The van der Waals surface area contributed by atoms with Gasteiger partial charge in [0.1, 0.15) is 12.1 Å². The van der Waals surface area contributed by atoms with E-state index in [2.05, 4.69) is 26.5 Å². The molecular formula is C10H13N5O. The number of anilines is 1. The second kappa shape index (κ2) is 4.18. The van der Waals surface area contributed by atoms with Crippen LogP contribution in [-0.2, 0) is 0 Å². The number of aromatic amines is 1. The van der Waals surface area contributed by atoms with Crippen LogP contribution in [0.3, 0.4) is 0 Å². The van der Waals surface area contributed by atoms with Crippen LogP contribution in [0.5, 0.6) is 5.88 Å². The highest BCUT2D eigenvalue weighted by Gasteiger charge is 2.11. The molecule has 0 fully saturated rings. The highest BCUT2D eigenvalue weighted by molar-refractivity contribution is 5.76. The Kier molecular flexibility index (Phi) is 2.72. The molecule has 0 radical (unpaired) electrons. The first-order valence-corrected chi connectivity index (χ1v) is 4.84. The lowest BCUT2D eigenvalue weighted by Gasteiger charge is -2.11. The van der Waals surface area contributed by atoms with E-state index in [4.69, 9.17) is 4.74 Å². The molecule has 1 N–H and O–H groups in total. The van der Waals surface area contributed by atoms with Crippen molar-refractivity contribution in [1.29, 1.82) is 0 Å². The summed E-state index contributed by atoms with van der Waals surface area (Å²) in [6.45, 7) is 4.00. The summed E-state index contributed by atoms with van der Waals surface area (Å²) in [4.78, 5) is 17.4. The highest BCUT2D eigenvalue weighted by atomic mass is 16.5. The van der Waals surface area contributed by atoms with Gasteiger partial charge in [0.15, 0.2) is 5.65 Å². The fourth-order valence-electron chi connectivity index (χ4n) is 1.24. The van der Waals surface area contributed by atoms with Gasteiger partial charge in [0.05, 0.1) is 6.33 Å². The molecule has 0 spiro atoms. The van der Waals surface area contributed by atoms with Gasteiger partial charge in [-0.3, -0.25) is 0 Å². The number of hydrogen-bond donors (Lipinski definition) is 1. The van der Waals surface area contributed by atoms with Gasteiger partial charge in [0.25, 0.3) is 0 Å². The van der Waals surface area contributed by atoms with Crippen LogP contribution in [0.25, 0.3) is 11.2 Å². The number of fused-ring (bicyclic) bond motifs is 1. The second-order valence-electron chi connectivity index (χ2n) is 3.42. The van der Waals surface area contributed by atoms with Crippen molar-refractivity contribution in [3.8, 4) is 5.88 Å². The maximum Gasteiger partial charge on any atom is 0.245 e. The van der Waals surface area contributed by atoms with Crippen molar-refractivity contribution in [3.63, 3.8) is 0 Å². The summed E-state index contributed by atoms with van der Waals surface area (Å²) in [6, 6.07) is 0. The standard InChI is InChI=1S/C10H13N5O/c1-4-5-16-9-7-8(12-6-11-7)13-10(14-9)15(2)3/h4,6H,1,5H2,2-3H3,(H,11,12,13,14). The van der Waals surface area contributed by atoms with Gasteiger partial charge in [0.2, 0.25) is 11.8 Å². The molecule has 2 aromatic rings. The number of nitrogens with zero attached hydrogens (tertiary/aromatic N) is 4. The third-order valence-electron chi connectivity index (χ3n) is 1.98. The second-order valence-corrected chi connectivity index (χ2v) is 3.42. The van der Waals surface area contributed by atoms with E-state index in [0.717, 1.165) is 0 Å². The van der Waals surface area contributed by atoms with Crippen LogP contribution in [0.2, 0.25) is 0 Å². The molecule has 0 saturated heterocycles. The molecule has 6 nitrogen and oxygen atoms in total. The van der Waals surface area contributed by atoms with E-state index in [1.54, 1.807) is 17.3 Å². The molecule has 0 aromatic carbocycles. The zero-order chi connectivity index (χ0) is 11.5. The number of aromatic nitrogens is 4. The third-order valence-corrected chi connectivity index (χ3v) is 1.98. The molecule has 2 heterocycles. The molecule has 0 aliphatic rings. The fourth-order valence-corrected chi connectivity index (χ4v) is 1.24. The first-order chi connectivity index (χ1) is 7.72. The number of rotatable bonds is 4. The first-order valence-electron chi connectivity index (χ1n) is 4.84. The van der Waals surface area contributed by atoms with Crippen LogP contribution in [0.4, 0.5) is 5.95 Å². The molecule has 16 heavy (non-hydrogen) atoms. The summed E-state index contributed by atoms with van der Waals surface area (Å²) in [5.74, 6) is 1.06. The predicted molar refractivity (Wildman–Crippen MR) is 61.7 cm³/mol. The molecule has 0 aliphatic carbocycles. The molecule has 2 rings (SSSR count). The normalized spacial score (nSPS) is 10.4. The lowest BCUT2D eigenvalue weighted by Crippen LogP contribution is -2.13. The van der Waals surface area contributed by atoms with Crippen molar-refractivity contribution >= 4 is 17.1 Å². The number of imidazole rings is 1. The molecule has 6 heteroatoms. The monoisotopic (exact) mass is 219 g/mol. The minimum absolute atomic E-state index is 0.401. The lowest BCUT2D eigenvalue weighted by atomic mass is 10.5. The van der Waals surface area contributed by atoms with Crippen LogP contribution in [0.1, 0.15) is 0 Å². The molecule has 2 aromatic heterocycles. The quantitative estimate of drug-likeness (QED) is 0.776. The Morgan fingerprint density at radius 3 is 3.00 bits per heavy atom.